The van der Waals surface area contributed by atoms with Crippen molar-refractivity contribution in [3.05, 3.63) is 53.6 Å². The molecule has 0 aromatic heterocycles. The third kappa shape index (κ3) is 6.33. The molecule has 2 aromatic carbocycles. The van der Waals surface area contributed by atoms with Crippen LogP contribution in [0.1, 0.15) is 12.8 Å². The van der Waals surface area contributed by atoms with E-state index >= 15 is 0 Å². The lowest BCUT2D eigenvalue weighted by atomic mass is 10.1. The fraction of sp³-hybridized carbons (Fsp3) is 0.381. The zero-order valence-corrected chi connectivity index (χ0v) is 19.1. The summed E-state index contributed by atoms with van der Waals surface area (Å²) in [5.41, 5.74) is 1.98. The Hall–Kier alpha value is -2.37. The van der Waals surface area contributed by atoms with E-state index in [0.717, 1.165) is 10.6 Å². The summed E-state index contributed by atoms with van der Waals surface area (Å²) in [4.78, 5) is 14.1. The molecule has 0 radical (unpaired) electrons. The molecular formula is C21H26ClN3O6S. The van der Waals surface area contributed by atoms with E-state index in [-0.39, 0.29) is 6.54 Å². The van der Waals surface area contributed by atoms with Crippen molar-refractivity contribution in [2.24, 2.45) is 0 Å². The molecule has 1 saturated heterocycles. The molecule has 0 saturated carbocycles. The number of carbonyl (C=O) groups is 1. The minimum absolute atomic E-state index is 0.196. The normalized spacial score (nSPS) is 16.4. The number of hydroxylamine groups is 1. The third-order valence-corrected chi connectivity index (χ3v) is 6.68. The van der Waals surface area contributed by atoms with Gasteiger partial charge < -0.3 is 9.84 Å². The van der Waals surface area contributed by atoms with Crippen LogP contribution in [0.25, 0.3) is 0 Å². The minimum atomic E-state index is -3.74. The van der Waals surface area contributed by atoms with Crippen LogP contribution in [0.15, 0.2) is 48.5 Å². The van der Waals surface area contributed by atoms with Crippen molar-refractivity contribution < 1.29 is 28.3 Å². The topological polar surface area (TPSA) is 119 Å². The van der Waals surface area contributed by atoms with Gasteiger partial charge in [0.2, 0.25) is 10.0 Å². The number of halogens is 1. The predicted octanol–water partition coefficient (Wildman–Crippen LogP) is 2.23. The van der Waals surface area contributed by atoms with Gasteiger partial charge in [-0.05, 0) is 61.4 Å². The van der Waals surface area contributed by atoms with Gasteiger partial charge in [-0.25, -0.2) is 13.9 Å². The number of nitrogens with one attached hydrogen (secondary N) is 1. The first-order valence-corrected chi connectivity index (χ1v) is 12.3. The van der Waals surface area contributed by atoms with Crippen molar-refractivity contribution in [3.8, 4) is 11.5 Å². The van der Waals surface area contributed by atoms with Crippen LogP contribution in [-0.4, -0.2) is 67.6 Å². The maximum atomic E-state index is 12.6. The van der Waals surface area contributed by atoms with Gasteiger partial charge in [-0.3, -0.25) is 19.2 Å². The van der Waals surface area contributed by atoms with Crippen molar-refractivity contribution in [2.75, 3.05) is 30.2 Å². The first-order chi connectivity index (χ1) is 15.2. The molecule has 1 atom stereocenters. The number of rotatable bonds is 8. The molecule has 1 fully saturated rings. The van der Waals surface area contributed by atoms with E-state index in [2.05, 4.69) is 0 Å². The van der Waals surface area contributed by atoms with Gasteiger partial charge in [0, 0.05) is 18.1 Å². The number of hydrogen-bond acceptors (Lipinski definition) is 7. The molecule has 1 aliphatic heterocycles. The highest BCUT2D eigenvalue weighted by atomic mass is 35.5. The number of piperidine rings is 1. The molecule has 9 nitrogen and oxygen atoms in total. The maximum Gasteiger partial charge on any atom is 0.262 e. The molecule has 1 aliphatic rings. The zero-order valence-electron chi connectivity index (χ0n) is 17.5. The molecule has 0 unspecified atom stereocenters. The average Bonchev–Trinajstić information content (AvgIpc) is 2.76. The molecular weight excluding hydrogens is 458 g/mol. The second-order valence-electron chi connectivity index (χ2n) is 7.60. The van der Waals surface area contributed by atoms with Gasteiger partial charge in [0.05, 0.1) is 24.6 Å². The molecule has 3 N–H and O–H groups in total. The summed E-state index contributed by atoms with van der Waals surface area (Å²) in [7, 11) is -3.74. The molecule has 1 amide bonds. The maximum absolute atomic E-state index is 12.6. The van der Waals surface area contributed by atoms with Gasteiger partial charge in [-0.15, -0.1) is 0 Å². The number of sulfonamides is 1. The van der Waals surface area contributed by atoms with Crippen LogP contribution in [0.2, 0.25) is 5.02 Å². The van der Waals surface area contributed by atoms with Crippen molar-refractivity contribution in [1.82, 2.24) is 10.4 Å². The van der Waals surface area contributed by atoms with Gasteiger partial charge in [-0.2, -0.15) is 0 Å². The van der Waals surface area contributed by atoms with Crippen LogP contribution in [0.3, 0.4) is 0 Å². The number of carbonyl (C=O) groups excluding carboxylic acids is 1. The van der Waals surface area contributed by atoms with Crippen LogP contribution in [-0.2, 0) is 14.8 Å². The summed E-state index contributed by atoms with van der Waals surface area (Å²) < 4.78 is 32.0. The van der Waals surface area contributed by atoms with Gasteiger partial charge in [-0.1, -0.05) is 11.6 Å². The van der Waals surface area contributed by atoms with E-state index in [4.69, 9.17) is 16.3 Å². The highest BCUT2D eigenvalue weighted by Gasteiger charge is 2.33. The van der Waals surface area contributed by atoms with E-state index in [9.17, 15) is 23.5 Å². The van der Waals surface area contributed by atoms with E-state index < -0.39 is 28.1 Å². The highest BCUT2D eigenvalue weighted by molar-refractivity contribution is 7.92. The minimum Gasteiger partial charge on any atom is -0.457 e. The Balaban J connectivity index is 1.80. The lowest BCUT2D eigenvalue weighted by Crippen LogP contribution is -2.55. The second kappa shape index (κ2) is 10.5. The summed E-state index contributed by atoms with van der Waals surface area (Å²) in [6, 6.07) is 12.3. The average molecular weight is 484 g/mol. The Morgan fingerprint density at radius 1 is 1.16 bits per heavy atom. The zero-order chi connectivity index (χ0) is 23.3. The summed E-state index contributed by atoms with van der Waals surface area (Å²) in [6.07, 6.45) is 1.53. The summed E-state index contributed by atoms with van der Waals surface area (Å²) in [5.74, 6) is 0.367. The third-order valence-electron chi connectivity index (χ3n) is 5.27. The number of amides is 1. The van der Waals surface area contributed by atoms with Crippen LogP contribution in [0.5, 0.6) is 11.5 Å². The smallest absolute Gasteiger partial charge is 0.262 e. The van der Waals surface area contributed by atoms with E-state index in [0.29, 0.717) is 48.1 Å². The number of hydrogen-bond donors (Lipinski definition) is 3. The molecule has 0 spiro atoms. The quantitative estimate of drug-likeness (QED) is 0.389. The van der Waals surface area contributed by atoms with Crippen molar-refractivity contribution in [1.29, 1.82) is 0 Å². The number of benzene rings is 2. The number of likely N-dealkylation sites (tertiary alicyclic amines) is 1. The second-order valence-corrected chi connectivity index (χ2v) is 9.95. The van der Waals surface area contributed by atoms with E-state index in [1.54, 1.807) is 58.9 Å². The van der Waals surface area contributed by atoms with Crippen LogP contribution >= 0.6 is 11.6 Å². The monoisotopic (exact) mass is 483 g/mol. The molecule has 11 heteroatoms. The van der Waals surface area contributed by atoms with E-state index in [1.807, 2.05) is 0 Å². The van der Waals surface area contributed by atoms with Crippen LogP contribution in [0.4, 0.5) is 5.69 Å². The number of aliphatic hydroxyl groups is 1. The lowest BCUT2D eigenvalue weighted by Gasteiger charge is -2.37. The molecule has 32 heavy (non-hydrogen) atoms. The van der Waals surface area contributed by atoms with Gasteiger partial charge in [0.15, 0.2) is 0 Å². The molecule has 3 rings (SSSR count). The summed E-state index contributed by atoms with van der Waals surface area (Å²) >= 11 is 5.87. The number of aliphatic hydroxyl groups excluding tert-OH is 1. The lowest BCUT2D eigenvalue weighted by molar-refractivity contribution is -0.135. The fourth-order valence-electron chi connectivity index (χ4n) is 3.54. The molecule has 174 valence electrons. The van der Waals surface area contributed by atoms with Gasteiger partial charge in [0.1, 0.15) is 17.5 Å². The van der Waals surface area contributed by atoms with Gasteiger partial charge >= 0.3 is 0 Å². The Labute approximate surface area is 192 Å². The number of nitrogens with zero attached hydrogens (tertiary/aromatic N) is 2. The summed E-state index contributed by atoms with van der Waals surface area (Å²) in [6.45, 7) is 0.619. The first kappa shape index (κ1) is 24.3. The van der Waals surface area contributed by atoms with Crippen molar-refractivity contribution in [2.45, 2.75) is 25.0 Å². The molecule has 0 bridgehead atoms. The van der Waals surface area contributed by atoms with E-state index in [1.165, 1.54) is 0 Å². The summed E-state index contributed by atoms with van der Waals surface area (Å²) in [5, 5.41) is 19.5. The highest BCUT2D eigenvalue weighted by Crippen LogP contribution is 2.27. The number of anilines is 1. The Morgan fingerprint density at radius 3 is 2.19 bits per heavy atom. The van der Waals surface area contributed by atoms with Gasteiger partial charge in [0.25, 0.3) is 5.91 Å². The fourth-order valence-corrected chi connectivity index (χ4v) is 4.59. The van der Waals surface area contributed by atoms with Crippen molar-refractivity contribution in [3.63, 3.8) is 0 Å². The molecule has 2 aromatic rings. The largest absolute Gasteiger partial charge is 0.457 e. The van der Waals surface area contributed by atoms with Crippen LogP contribution in [0, 0.1) is 0 Å². The first-order valence-electron chi connectivity index (χ1n) is 10.0. The SMILES string of the molecule is CS(=O)(=O)N(C[C@@H](C(=O)NO)N1CCC(O)CC1)c1ccc(Oc2ccc(Cl)cc2)cc1. The van der Waals surface area contributed by atoms with Crippen LogP contribution < -0.4 is 14.5 Å². The molecule has 1 heterocycles. The Morgan fingerprint density at radius 2 is 1.69 bits per heavy atom. The Kier molecular flexibility index (Phi) is 7.96. The number of ether oxygens (including phenoxy) is 1. The van der Waals surface area contributed by atoms with Crippen molar-refractivity contribution >= 4 is 33.2 Å². The standard InChI is InChI=1S/C21H26ClN3O6S/c1-32(29,30)25(14-20(21(27)23-28)24-12-10-17(26)11-13-24)16-4-8-19(9-5-16)31-18-6-2-15(22)3-7-18/h2-9,17,20,26,28H,10-14H2,1H3,(H,23,27)/t20-/m0/s1. The predicted molar refractivity (Wildman–Crippen MR) is 121 cm³/mol. The Bertz CT molecular complexity index is 1010. The molecule has 0 aliphatic carbocycles.